The second kappa shape index (κ2) is 7.80. The van der Waals surface area contributed by atoms with Gasteiger partial charge in [-0.25, -0.2) is 4.79 Å². The molecule has 0 bridgehead atoms. The Morgan fingerprint density at radius 1 is 0.697 bits per heavy atom. The molecule has 1 atom stereocenters. The molecule has 1 fully saturated rings. The number of carbonyl (C=O) groups is 1. The first kappa shape index (κ1) is 22.7. The van der Waals surface area contributed by atoms with E-state index in [1.807, 2.05) is 0 Å². The van der Waals surface area contributed by atoms with Gasteiger partial charge in [-0.3, -0.25) is 9.80 Å². The third-order valence-electron chi connectivity index (χ3n) is 5.37. The normalized spacial score (nSPS) is 19.3. The molecule has 0 spiro atoms. The summed E-state index contributed by atoms with van der Waals surface area (Å²) in [5.74, 6) is 0. The first-order valence-corrected chi connectivity index (χ1v) is 9.65. The molecular formula is C23H16F6N2O2. The Morgan fingerprint density at radius 2 is 1.15 bits per heavy atom. The van der Waals surface area contributed by atoms with Gasteiger partial charge in [-0.1, -0.05) is 30.3 Å². The zero-order valence-electron chi connectivity index (χ0n) is 16.7. The smallest absolute Gasteiger partial charge is 0.365 e. The summed E-state index contributed by atoms with van der Waals surface area (Å²) < 4.78 is 77.6. The molecule has 3 aromatic rings. The summed E-state index contributed by atoms with van der Waals surface area (Å²) in [6.45, 7) is -0.359. The van der Waals surface area contributed by atoms with Gasteiger partial charge in [0.2, 0.25) is 0 Å². The minimum atomic E-state index is -4.59. The number of benzene rings is 3. The summed E-state index contributed by atoms with van der Waals surface area (Å²) >= 11 is 0. The highest BCUT2D eigenvalue weighted by atomic mass is 19.4. The predicted octanol–water partition coefficient (Wildman–Crippen LogP) is 6.02. The van der Waals surface area contributed by atoms with Crippen LogP contribution in [0.5, 0.6) is 0 Å². The first-order chi connectivity index (χ1) is 15.4. The lowest BCUT2D eigenvalue weighted by Crippen LogP contribution is -2.44. The van der Waals surface area contributed by atoms with E-state index < -0.39 is 35.2 Å². The van der Waals surface area contributed by atoms with Crippen molar-refractivity contribution in [2.24, 2.45) is 0 Å². The Hall–Kier alpha value is -3.53. The summed E-state index contributed by atoms with van der Waals surface area (Å²) in [7, 11) is 0. The van der Waals surface area contributed by atoms with Gasteiger partial charge in [-0.2, -0.15) is 26.3 Å². The lowest BCUT2D eigenvalue weighted by molar-refractivity contribution is -0.138. The molecule has 0 radical (unpaired) electrons. The van der Waals surface area contributed by atoms with Crippen molar-refractivity contribution in [1.82, 2.24) is 0 Å². The van der Waals surface area contributed by atoms with Crippen LogP contribution in [0.25, 0.3) is 0 Å². The zero-order valence-corrected chi connectivity index (χ0v) is 16.7. The number of nitrogens with zero attached hydrogens (tertiary/aromatic N) is 2. The highest BCUT2D eigenvalue weighted by Gasteiger charge is 2.51. The molecule has 0 aliphatic carbocycles. The van der Waals surface area contributed by atoms with Crippen LogP contribution in [0.4, 0.5) is 42.5 Å². The summed E-state index contributed by atoms with van der Waals surface area (Å²) in [6, 6.07) is 14.7. The molecule has 4 rings (SSSR count). The molecule has 2 amide bonds. The maximum Gasteiger partial charge on any atom is 0.416 e. The molecule has 3 aromatic carbocycles. The number of urea groups is 1. The molecule has 1 aliphatic rings. The van der Waals surface area contributed by atoms with E-state index in [4.69, 9.17) is 0 Å². The van der Waals surface area contributed by atoms with Gasteiger partial charge < -0.3 is 5.11 Å². The number of carbonyl (C=O) groups excluding carboxylic acids is 1. The van der Waals surface area contributed by atoms with E-state index in [1.165, 1.54) is 0 Å². The monoisotopic (exact) mass is 466 g/mol. The predicted molar refractivity (Wildman–Crippen MR) is 108 cm³/mol. The number of aliphatic hydroxyl groups is 1. The Labute approximate surface area is 184 Å². The van der Waals surface area contributed by atoms with Crippen LogP contribution in [0.1, 0.15) is 16.7 Å². The van der Waals surface area contributed by atoms with Gasteiger partial charge in [0.1, 0.15) is 0 Å². The lowest BCUT2D eigenvalue weighted by atomic mass is 10.0. The second-order valence-corrected chi connectivity index (χ2v) is 7.48. The maximum atomic E-state index is 13.3. The summed E-state index contributed by atoms with van der Waals surface area (Å²) in [5.41, 5.74) is -3.45. The molecule has 1 aliphatic heterocycles. The summed E-state index contributed by atoms with van der Waals surface area (Å²) in [4.78, 5) is 15.3. The molecule has 1 N–H and O–H groups in total. The number of halogens is 6. The van der Waals surface area contributed by atoms with E-state index in [2.05, 4.69) is 0 Å². The van der Waals surface area contributed by atoms with Gasteiger partial charge in [-0.05, 0) is 48.5 Å². The third kappa shape index (κ3) is 4.13. The van der Waals surface area contributed by atoms with Gasteiger partial charge >= 0.3 is 18.4 Å². The topological polar surface area (TPSA) is 43.8 Å². The van der Waals surface area contributed by atoms with E-state index in [-0.39, 0.29) is 23.5 Å². The maximum absolute atomic E-state index is 13.3. The minimum Gasteiger partial charge on any atom is -0.365 e. The largest absolute Gasteiger partial charge is 0.416 e. The van der Waals surface area contributed by atoms with Crippen molar-refractivity contribution in [3.05, 3.63) is 95.6 Å². The number of anilines is 2. The van der Waals surface area contributed by atoms with Gasteiger partial charge in [0.25, 0.3) is 0 Å². The van der Waals surface area contributed by atoms with Crippen molar-refractivity contribution in [1.29, 1.82) is 0 Å². The van der Waals surface area contributed by atoms with Gasteiger partial charge in [0, 0.05) is 16.9 Å². The molecule has 0 aromatic heterocycles. The standard InChI is InChI=1S/C23H16F6N2O2/c24-22(25,26)16-6-10-18(11-7-16)30-14-21(33,15-4-2-1-3-5-15)31(20(30)32)19-12-8-17(9-13-19)23(27,28)29/h1-13,33H,14H2. The Bertz CT molecular complexity index is 1140. The van der Waals surface area contributed by atoms with Crippen molar-refractivity contribution in [3.8, 4) is 0 Å². The fourth-order valence-electron chi connectivity index (χ4n) is 3.72. The number of β-amino-alcohol motifs (C(OH)–C–C–N with tert-alkyl or cyclic N) is 1. The van der Waals surface area contributed by atoms with Crippen LogP contribution in [-0.4, -0.2) is 17.7 Å². The Morgan fingerprint density at radius 3 is 1.61 bits per heavy atom. The molecule has 1 saturated heterocycles. The van der Waals surface area contributed by atoms with Crippen molar-refractivity contribution < 1.29 is 36.2 Å². The summed E-state index contributed by atoms with van der Waals surface area (Å²) in [6.07, 6.45) is -9.15. The van der Waals surface area contributed by atoms with E-state index in [0.717, 1.165) is 58.3 Å². The van der Waals surface area contributed by atoms with Crippen LogP contribution in [0.2, 0.25) is 0 Å². The highest BCUT2D eigenvalue weighted by molar-refractivity contribution is 6.07. The van der Waals surface area contributed by atoms with E-state index in [9.17, 15) is 36.2 Å². The van der Waals surface area contributed by atoms with Gasteiger partial charge in [-0.15, -0.1) is 0 Å². The van der Waals surface area contributed by atoms with Crippen LogP contribution in [0, 0.1) is 0 Å². The van der Waals surface area contributed by atoms with Crippen molar-refractivity contribution >= 4 is 17.4 Å². The Balaban J connectivity index is 1.77. The number of hydrogen-bond acceptors (Lipinski definition) is 2. The van der Waals surface area contributed by atoms with Crippen molar-refractivity contribution in [2.75, 3.05) is 16.3 Å². The molecule has 33 heavy (non-hydrogen) atoms. The third-order valence-corrected chi connectivity index (χ3v) is 5.37. The molecule has 1 heterocycles. The molecular weight excluding hydrogens is 450 g/mol. The highest BCUT2D eigenvalue weighted by Crippen LogP contribution is 2.41. The number of hydrogen-bond donors (Lipinski definition) is 1. The van der Waals surface area contributed by atoms with Crippen LogP contribution < -0.4 is 9.80 Å². The minimum absolute atomic E-state index is 0.00577. The average Bonchev–Trinajstić information content (AvgIpc) is 3.05. The number of amides is 2. The van der Waals surface area contributed by atoms with E-state index in [1.54, 1.807) is 30.3 Å². The number of rotatable bonds is 3. The van der Waals surface area contributed by atoms with E-state index >= 15 is 0 Å². The van der Waals surface area contributed by atoms with Crippen LogP contribution in [-0.2, 0) is 18.1 Å². The quantitative estimate of drug-likeness (QED) is 0.480. The molecule has 10 heteroatoms. The average molecular weight is 466 g/mol. The first-order valence-electron chi connectivity index (χ1n) is 9.65. The molecule has 172 valence electrons. The molecule has 1 unspecified atom stereocenters. The SMILES string of the molecule is O=C1N(c2ccc(C(F)(F)F)cc2)CC(O)(c2ccccc2)N1c1ccc(C(F)(F)F)cc1. The lowest BCUT2D eigenvalue weighted by Gasteiger charge is -2.32. The fourth-order valence-corrected chi connectivity index (χ4v) is 3.72. The fraction of sp³-hybridized carbons (Fsp3) is 0.174. The Kier molecular flexibility index (Phi) is 5.36. The van der Waals surface area contributed by atoms with Crippen LogP contribution in [0.3, 0.4) is 0 Å². The van der Waals surface area contributed by atoms with Crippen molar-refractivity contribution in [3.63, 3.8) is 0 Å². The molecule has 0 saturated carbocycles. The van der Waals surface area contributed by atoms with Gasteiger partial charge in [0.15, 0.2) is 5.72 Å². The number of alkyl halides is 6. The molecule has 4 nitrogen and oxygen atoms in total. The van der Waals surface area contributed by atoms with Crippen molar-refractivity contribution in [2.45, 2.75) is 18.1 Å². The summed E-state index contributed by atoms with van der Waals surface area (Å²) in [5, 5.41) is 11.6. The van der Waals surface area contributed by atoms with Crippen LogP contribution in [0.15, 0.2) is 78.9 Å². The second-order valence-electron chi connectivity index (χ2n) is 7.48. The van der Waals surface area contributed by atoms with E-state index in [0.29, 0.717) is 0 Å². The van der Waals surface area contributed by atoms with Crippen LogP contribution >= 0.6 is 0 Å². The van der Waals surface area contributed by atoms with Gasteiger partial charge in [0.05, 0.1) is 17.7 Å². The zero-order chi connectivity index (χ0) is 24.0.